The van der Waals surface area contributed by atoms with E-state index in [1.807, 2.05) is 0 Å². The Balaban J connectivity index is 1.79. The Hall–Kier alpha value is 0.960. The maximum Gasteiger partial charge on any atom is 0.0179 e. The van der Waals surface area contributed by atoms with Gasteiger partial charge in [-0.3, -0.25) is 0 Å². The summed E-state index contributed by atoms with van der Waals surface area (Å²) in [7, 11) is 0. The van der Waals surface area contributed by atoms with E-state index in [1.54, 1.807) is 0 Å². The van der Waals surface area contributed by atoms with Gasteiger partial charge < -0.3 is 0 Å². The van der Waals surface area contributed by atoms with Gasteiger partial charge in [0.1, 0.15) is 0 Å². The fraction of sp³-hybridized carbons (Fsp3) is 1.00. The lowest BCUT2D eigenvalue weighted by atomic mass is 9.52. The van der Waals surface area contributed by atoms with Crippen LogP contribution < -0.4 is 0 Å². The highest BCUT2D eigenvalue weighted by atomic mass is 79.9. The van der Waals surface area contributed by atoms with Gasteiger partial charge in [0.25, 0.3) is 0 Å². The molecule has 0 amide bonds. The highest BCUT2D eigenvalue weighted by Crippen LogP contribution is 2.73. The number of hydrogen-bond acceptors (Lipinski definition) is 0. The van der Waals surface area contributed by atoms with Crippen molar-refractivity contribution in [3.05, 3.63) is 0 Å². The van der Waals surface area contributed by atoms with E-state index in [4.69, 9.17) is 0 Å². The summed E-state index contributed by atoms with van der Waals surface area (Å²) in [4.78, 5) is 1.68. The summed E-state index contributed by atoms with van der Waals surface area (Å²) in [5.74, 6) is 2.00. The van der Waals surface area contributed by atoms with Crippen molar-refractivity contribution < 1.29 is 0 Å². The van der Waals surface area contributed by atoms with Crippen LogP contribution in [-0.4, -0.2) is 9.65 Å². The van der Waals surface area contributed by atoms with Crippen molar-refractivity contribution in [2.75, 3.05) is 0 Å². The van der Waals surface area contributed by atoms with Crippen LogP contribution in [0.25, 0.3) is 0 Å². The average molecular weight is 348 g/mol. The highest BCUT2D eigenvalue weighted by Gasteiger charge is 2.65. The Bertz CT molecular complexity index is 297. The second-order valence-electron chi connectivity index (χ2n) is 7.01. The van der Waals surface area contributed by atoms with Crippen molar-refractivity contribution in [2.45, 2.75) is 61.0 Å². The van der Waals surface area contributed by atoms with E-state index in [9.17, 15) is 0 Å². The molecule has 4 aliphatic rings. The average Bonchev–Trinajstić information content (AvgIpc) is 2.78. The molecule has 4 bridgehead atoms. The molecule has 90 valence electrons. The van der Waals surface area contributed by atoms with E-state index in [2.05, 4.69) is 31.9 Å². The van der Waals surface area contributed by atoms with Gasteiger partial charge in [-0.1, -0.05) is 31.9 Å². The van der Waals surface area contributed by atoms with Gasteiger partial charge in [-0.05, 0) is 74.0 Å². The summed E-state index contributed by atoms with van der Waals surface area (Å²) < 4.78 is 0. The minimum atomic E-state index is 0.753. The molecule has 0 saturated heterocycles. The Kier molecular flexibility index (Phi) is 2.23. The van der Waals surface area contributed by atoms with Crippen molar-refractivity contribution in [2.24, 2.45) is 22.7 Å². The van der Waals surface area contributed by atoms with Crippen LogP contribution in [0.2, 0.25) is 0 Å². The van der Waals surface area contributed by atoms with E-state index in [0.717, 1.165) is 32.3 Å². The van der Waals surface area contributed by atoms with Gasteiger partial charge in [0.2, 0.25) is 0 Å². The van der Waals surface area contributed by atoms with Crippen LogP contribution in [-0.2, 0) is 0 Å². The van der Waals surface area contributed by atoms with Crippen LogP contribution in [0.1, 0.15) is 51.4 Å². The quantitative estimate of drug-likeness (QED) is 0.547. The van der Waals surface area contributed by atoms with Gasteiger partial charge in [-0.2, -0.15) is 0 Å². The molecule has 2 spiro atoms. The third kappa shape index (κ3) is 1.17. The standard InChI is InChI=1S/C14H20Br2/c15-11-7-14-4-2-10(6-14)12(16)8-13(14)3-1-9(11)5-13/h9-12H,1-8H2/t9-,10-,11+,12+,13-,14+/m0/s1. The van der Waals surface area contributed by atoms with Crippen molar-refractivity contribution in [3.8, 4) is 0 Å². The molecule has 16 heavy (non-hydrogen) atoms. The van der Waals surface area contributed by atoms with Crippen LogP contribution in [0.4, 0.5) is 0 Å². The van der Waals surface area contributed by atoms with E-state index >= 15 is 0 Å². The largest absolute Gasteiger partial charge is 0.0887 e. The molecule has 6 atom stereocenters. The number of fused-ring (bicyclic) bond motifs is 2. The zero-order valence-electron chi connectivity index (χ0n) is 9.72. The van der Waals surface area contributed by atoms with Gasteiger partial charge in [0.15, 0.2) is 0 Å². The lowest BCUT2D eigenvalue weighted by molar-refractivity contribution is -0.0242. The number of alkyl halides is 2. The first-order chi connectivity index (χ1) is 7.64. The van der Waals surface area contributed by atoms with Crippen molar-refractivity contribution >= 4 is 31.9 Å². The monoisotopic (exact) mass is 346 g/mol. The molecular weight excluding hydrogens is 328 g/mol. The number of rotatable bonds is 0. The Morgan fingerprint density at radius 1 is 0.688 bits per heavy atom. The molecule has 4 rings (SSSR count). The second-order valence-corrected chi connectivity index (χ2v) is 9.36. The van der Waals surface area contributed by atoms with Crippen LogP contribution in [0, 0.1) is 22.7 Å². The Labute approximate surface area is 115 Å². The predicted molar refractivity (Wildman–Crippen MR) is 74.2 cm³/mol. The molecular formula is C14H20Br2. The Morgan fingerprint density at radius 2 is 1.12 bits per heavy atom. The number of hydrogen-bond donors (Lipinski definition) is 0. The summed E-state index contributed by atoms with van der Waals surface area (Å²) in [6, 6.07) is 0. The van der Waals surface area contributed by atoms with Gasteiger partial charge in [0.05, 0.1) is 0 Å². The minimum absolute atomic E-state index is 0.753. The smallest absolute Gasteiger partial charge is 0.0179 e. The third-order valence-corrected chi connectivity index (χ3v) is 8.76. The van der Waals surface area contributed by atoms with E-state index < -0.39 is 0 Å². The maximum absolute atomic E-state index is 4.00. The normalized spacial score (nSPS) is 63.4. The molecule has 0 aromatic heterocycles. The first-order valence-corrected chi connectivity index (χ1v) is 8.76. The molecule has 2 heteroatoms. The fourth-order valence-electron chi connectivity index (χ4n) is 5.80. The van der Waals surface area contributed by atoms with E-state index in [0.29, 0.717) is 0 Å². The second kappa shape index (κ2) is 3.29. The third-order valence-electron chi connectivity index (χ3n) is 6.61. The van der Waals surface area contributed by atoms with E-state index in [-0.39, 0.29) is 0 Å². The van der Waals surface area contributed by atoms with Crippen molar-refractivity contribution in [1.29, 1.82) is 0 Å². The minimum Gasteiger partial charge on any atom is -0.0887 e. The Morgan fingerprint density at radius 3 is 1.56 bits per heavy atom. The molecule has 0 N–H and O–H groups in total. The van der Waals surface area contributed by atoms with Crippen LogP contribution in [0.15, 0.2) is 0 Å². The van der Waals surface area contributed by atoms with Crippen molar-refractivity contribution in [3.63, 3.8) is 0 Å². The van der Waals surface area contributed by atoms with Crippen LogP contribution >= 0.6 is 31.9 Å². The van der Waals surface area contributed by atoms with Gasteiger partial charge in [0, 0.05) is 9.65 Å². The molecule has 0 aromatic rings. The SMILES string of the molecule is Br[C@@H]1C[C@]23CC[C@@H](C2)[C@H](Br)C[C@]32CC[C@H]1C2. The summed E-state index contributed by atoms with van der Waals surface area (Å²) in [6.45, 7) is 0. The molecule has 0 unspecified atom stereocenters. The highest BCUT2D eigenvalue weighted by molar-refractivity contribution is 9.09. The molecule has 4 aliphatic carbocycles. The molecule has 0 heterocycles. The summed E-state index contributed by atoms with van der Waals surface area (Å²) in [5.41, 5.74) is 1.51. The molecule has 4 saturated carbocycles. The predicted octanol–water partition coefficient (Wildman–Crippen LogP) is 4.89. The zero-order valence-corrected chi connectivity index (χ0v) is 12.9. The summed E-state index contributed by atoms with van der Waals surface area (Å²) in [5, 5.41) is 0. The van der Waals surface area contributed by atoms with Gasteiger partial charge in [-0.25, -0.2) is 0 Å². The van der Waals surface area contributed by atoms with Crippen LogP contribution in [0.3, 0.4) is 0 Å². The molecule has 0 radical (unpaired) electrons. The van der Waals surface area contributed by atoms with Crippen molar-refractivity contribution in [1.82, 2.24) is 0 Å². The first-order valence-electron chi connectivity index (χ1n) is 6.92. The zero-order chi connectivity index (χ0) is 11.0. The summed E-state index contributed by atoms with van der Waals surface area (Å²) >= 11 is 8.00. The number of halogens is 2. The first kappa shape index (κ1) is 10.8. The summed E-state index contributed by atoms with van der Waals surface area (Å²) in [6.07, 6.45) is 12.1. The van der Waals surface area contributed by atoms with Gasteiger partial charge in [-0.15, -0.1) is 0 Å². The molecule has 0 nitrogen and oxygen atoms in total. The fourth-order valence-corrected chi connectivity index (χ4v) is 7.94. The molecule has 0 aliphatic heterocycles. The topological polar surface area (TPSA) is 0 Å². The molecule has 0 aromatic carbocycles. The van der Waals surface area contributed by atoms with Crippen LogP contribution in [0.5, 0.6) is 0 Å². The molecule has 4 fully saturated rings. The lowest BCUT2D eigenvalue weighted by Gasteiger charge is -2.55. The lowest BCUT2D eigenvalue weighted by Crippen LogP contribution is -2.49. The van der Waals surface area contributed by atoms with E-state index in [1.165, 1.54) is 51.4 Å². The maximum atomic E-state index is 4.00. The van der Waals surface area contributed by atoms with Gasteiger partial charge >= 0.3 is 0 Å².